The fraction of sp³-hybridized carbons (Fsp3) is 0.481. The van der Waals surface area contributed by atoms with Crippen molar-refractivity contribution in [2.75, 3.05) is 0 Å². The number of benzene rings is 2. The molecule has 1 saturated carbocycles. The van der Waals surface area contributed by atoms with E-state index >= 15 is 0 Å². The average molecular weight is 359 g/mol. The first-order chi connectivity index (χ1) is 12.9. The quantitative estimate of drug-likeness (QED) is 0.525. The Bertz CT molecular complexity index is 823. The molecule has 0 nitrogen and oxygen atoms in total. The van der Waals surface area contributed by atoms with Gasteiger partial charge in [0.05, 0.1) is 0 Å². The zero-order valence-corrected chi connectivity index (χ0v) is 17.5. The lowest BCUT2D eigenvalue weighted by molar-refractivity contribution is 0.290. The summed E-state index contributed by atoms with van der Waals surface area (Å²) in [6.45, 7) is 9.33. The van der Waals surface area contributed by atoms with Crippen LogP contribution in [0.5, 0.6) is 0 Å². The third-order valence-corrected chi connectivity index (χ3v) is 6.94. The molecule has 0 amide bonds. The van der Waals surface area contributed by atoms with Crippen molar-refractivity contribution in [1.29, 1.82) is 0 Å². The van der Waals surface area contributed by atoms with Gasteiger partial charge in [0.15, 0.2) is 0 Å². The van der Waals surface area contributed by atoms with Crippen molar-refractivity contribution in [2.45, 2.75) is 71.6 Å². The standard InChI is InChI=1S/C27H34/c1-19(20-9-6-5-7-10-20)23-17-22-11-8-12-25(26(22)18-23)21-13-15-24(16-14-21)27(2,3)4/h8,11-17,19-20H,5-7,9-10,18H2,1-4H3. The first-order valence-corrected chi connectivity index (χ1v) is 10.9. The van der Waals surface area contributed by atoms with Gasteiger partial charge in [-0.1, -0.05) is 101 Å². The van der Waals surface area contributed by atoms with E-state index in [1.807, 2.05) is 0 Å². The lowest BCUT2D eigenvalue weighted by Gasteiger charge is -2.28. The summed E-state index contributed by atoms with van der Waals surface area (Å²) in [6.07, 6.45) is 10.8. The zero-order valence-electron chi connectivity index (χ0n) is 17.5. The number of fused-ring (bicyclic) bond motifs is 1. The average Bonchev–Trinajstić information content (AvgIpc) is 3.12. The molecule has 0 bridgehead atoms. The smallest absolute Gasteiger partial charge is 0.00489 e. The van der Waals surface area contributed by atoms with Crippen LogP contribution in [-0.4, -0.2) is 0 Å². The van der Waals surface area contributed by atoms with Crippen LogP contribution in [0.4, 0.5) is 0 Å². The van der Waals surface area contributed by atoms with E-state index in [1.54, 1.807) is 11.1 Å². The SMILES string of the molecule is CC(C1=Cc2cccc(-c3ccc(C(C)(C)C)cc3)c2C1)C1CCCCC1. The van der Waals surface area contributed by atoms with Crippen LogP contribution in [0.1, 0.15) is 76.5 Å². The predicted octanol–water partition coefficient (Wildman–Crippen LogP) is 7.81. The second-order valence-electron chi connectivity index (χ2n) is 9.78. The highest BCUT2D eigenvalue weighted by Gasteiger charge is 2.27. The zero-order chi connectivity index (χ0) is 19.0. The Morgan fingerprint density at radius 1 is 0.889 bits per heavy atom. The molecule has 27 heavy (non-hydrogen) atoms. The molecule has 1 unspecified atom stereocenters. The molecule has 0 N–H and O–H groups in total. The molecule has 0 radical (unpaired) electrons. The molecule has 4 rings (SSSR count). The molecule has 2 aromatic carbocycles. The van der Waals surface area contributed by atoms with Gasteiger partial charge >= 0.3 is 0 Å². The van der Waals surface area contributed by atoms with Crippen molar-refractivity contribution in [3.8, 4) is 11.1 Å². The fourth-order valence-corrected chi connectivity index (χ4v) is 5.04. The van der Waals surface area contributed by atoms with Crippen LogP contribution >= 0.6 is 0 Å². The van der Waals surface area contributed by atoms with Crippen LogP contribution in [0, 0.1) is 11.8 Å². The Labute approximate surface area is 165 Å². The van der Waals surface area contributed by atoms with Crippen molar-refractivity contribution in [2.24, 2.45) is 11.8 Å². The summed E-state index contributed by atoms with van der Waals surface area (Å²) in [5.74, 6) is 1.63. The van der Waals surface area contributed by atoms with Crippen molar-refractivity contribution >= 4 is 6.08 Å². The van der Waals surface area contributed by atoms with Crippen LogP contribution < -0.4 is 0 Å². The molecule has 142 valence electrons. The number of hydrogen-bond acceptors (Lipinski definition) is 0. The van der Waals surface area contributed by atoms with Gasteiger partial charge < -0.3 is 0 Å². The van der Waals surface area contributed by atoms with Crippen molar-refractivity contribution in [3.63, 3.8) is 0 Å². The number of allylic oxidation sites excluding steroid dienone is 1. The third-order valence-electron chi connectivity index (χ3n) is 6.94. The molecule has 1 atom stereocenters. The Kier molecular flexibility index (Phi) is 5.01. The van der Waals surface area contributed by atoms with E-state index in [2.05, 4.69) is 76.2 Å². The van der Waals surface area contributed by atoms with Crippen LogP contribution in [-0.2, 0) is 11.8 Å². The lowest BCUT2D eigenvalue weighted by Crippen LogP contribution is -2.17. The number of hydrogen-bond donors (Lipinski definition) is 0. The van der Waals surface area contributed by atoms with Crippen LogP contribution in [0.25, 0.3) is 17.2 Å². The van der Waals surface area contributed by atoms with Gasteiger partial charge in [-0.15, -0.1) is 0 Å². The fourth-order valence-electron chi connectivity index (χ4n) is 5.04. The summed E-state index contributed by atoms with van der Waals surface area (Å²) < 4.78 is 0. The van der Waals surface area contributed by atoms with Crippen molar-refractivity contribution < 1.29 is 0 Å². The van der Waals surface area contributed by atoms with E-state index in [-0.39, 0.29) is 5.41 Å². The summed E-state index contributed by atoms with van der Waals surface area (Å²) in [5.41, 5.74) is 9.05. The van der Waals surface area contributed by atoms with Gasteiger partial charge in [0.25, 0.3) is 0 Å². The topological polar surface area (TPSA) is 0 Å². The van der Waals surface area contributed by atoms with E-state index in [0.29, 0.717) is 0 Å². The van der Waals surface area contributed by atoms with Gasteiger partial charge in [-0.05, 0) is 64.3 Å². The van der Waals surface area contributed by atoms with Crippen molar-refractivity contribution in [3.05, 3.63) is 64.7 Å². The van der Waals surface area contributed by atoms with E-state index in [0.717, 1.165) is 18.3 Å². The van der Waals surface area contributed by atoms with E-state index in [9.17, 15) is 0 Å². The molecular formula is C27H34. The second-order valence-corrected chi connectivity index (χ2v) is 9.78. The highest BCUT2D eigenvalue weighted by atomic mass is 14.3. The molecule has 0 heterocycles. The molecule has 0 heteroatoms. The minimum atomic E-state index is 0.210. The molecule has 0 aliphatic heterocycles. The maximum absolute atomic E-state index is 2.50. The normalized spacial score (nSPS) is 18.9. The summed E-state index contributed by atoms with van der Waals surface area (Å²) in [5, 5.41) is 0. The van der Waals surface area contributed by atoms with E-state index < -0.39 is 0 Å². The van der Waals surface area contributed by atoms with Crippen LogP contribution in [0.3, 0.4) is 0 Å². The van der Waals surface area contributed by atoms with Gasteiger partial charge in [-0.25, -0.2) is 0 Å². The maximum atomic E-state index is 2.50. The molecule has 2 aromatic rings. The van der Waals surface area contributed by atoms with Gasteiger partial charge in [0, 0.05) is 0 Å². The van der Waals surface area contributed by atoms with Gasteiger partial charge in [-0.2, -0.15) is 0 Å². The second kappa shape index (κ2) is 7.30. The minimum Gasteiger partial charge on any atom is -0.0621 e. The summed E-state index contributed by atoms with van der Waals surface area (Å²) in [6, 6.07) is 16.1. The summed E-state index contributed by atoms with van der Waals surface area (Å²) in [7, 11) is 0. The molecular weight excluding hydrogens is 324 g/mol. The Hall–Kier alpha value is -1.82. The Balaban J connectivity index is 1.58. The summed E-state index contributed by atoms with van der Waals surface area (Å²) >= 11 is 0. The largest absolute Gasteiger partial charge is 0.0621 e. The predicted molar refractivity (Wildman–Crippen MR) is 118 cm³/mol. The highest BCUT2D eigenvalue weighted by Crippen LogP contribution is 2.41. The Morgan fingerprint density at radius 3 is 2.26 bits per heavy atom. The summed E-state index contributed by atoms with van der Waals surface area (Å²) in [4.78, 5) is 0. The first-order valence-electron chi connectivity index (χ1n) is 10.9. The van der Waals surface area contributed by atoms with Crippen LogP contribution in [0.15, 0.2) is 48.0 Å². The minimum absolute atomic E-state index is 0.210. The molecule has 0 aromatic heterocycles. The van der Waals surface area contributed by atoms with Crippen molar-refractivity contribution in [1.82, 2.24) is 0 Å². The molecule has 0 spiro atoms. The van der Waals surface area contributed by atoms with Crippen LogP contribution in [0.2, 0.25) is 0 Å². The number of rotatable bonds is 3. The Morgan fingerprint density at radius 2 is 1.59 bits per heavy atom. The monoisotopic (exact) mass is 358 g/mol. The highest BCUT2D eigenvalue weighted by molar-refractivity contribution is 5.77. The maximum Gasteiger partial charge on any atom is -0.00489 e. The third kappa shape index (κ3) is 3.77. The molecule has 2 aliphatic carbocycles. The first kappa shape index (κ1) is 18.5. The van der Waals surface area contributed by atoms with E-state index in [4.69, 9.17) is 0 Å². The molecule has 1 fully saturated rings. The van der Waals surface area contributed by atoms with E-state index in [1.165, 1.54) is 54.4 Å². The lowest BCUT2D eigenvalue weighted by atomic mass is 9.77. The van der Waals surface area contributed by atoms with Gasteiger partial charge in [0.1, 0.15) is 0 Å². The van der Waals surface area contributed by atoms with Gasteiger partial charge in [-0.3, -0.25) is 0 Å². The molecule has 2 aliphatic rings. The van der Waals surface area contributed by atoms with Gasteiger partial charge in [0.2, 0.25) is 0 Å². The molecule has 0 saturated heterocycles.